The normalized spacial score (nSPS) is 10.7. The van der Waals surface area contributed by atoms with Crippen LogP contribution in [0.2, 0.25) is 0 Å². The van der Waals surface area contributed by atoms with Crippen molar-refractivity contribution in [2.24, 2.45) is 5.73 Å². The van der Waals surface area contributed by atoms with E-state index in [2.05, 4.69) is 40.7 Å². The Morgan fingerprint density at radius 1 is 1.29 bits per heavy atom. The third-order valence-corrected chi connectivity index (χ3v) is 2.86. The van der Waals surface area contributed by atoms with E-state index in [1.54, 1.807) is 0 Å². The minimum atomic E-state index is 0.594. The number of nitrogens with two attached hydrogens (primary N) is 1. The van der Waals surface area contributed by atoms with Crippen LogP contribution in [0.25, 0.3) is 0 Å². The monoisotopic (exact) mass is 229 g/mol. The Hall–Kier alpha value is -1.61. The Labute approximate surface area is 102 Å². The highest BCUT2D eigenvalue weighted by atomic mass is 15.1. The summed E-state index contributed by atoms with van der Waals surface area (Å²) in [6.07, 6.45) is 5.93. The molecule has 90 valence electrons. The largest absolute Gasteiger partial charge is 0.335 e. The Morgan fingerprint density at radius 3 is 2.88 bits per heavy atom. The van der Waals surface area contributed by atoms with Gasteiger partial charge in [-0.25, -0.2) is 4.98 Å². The van der Waals surface area contributed by atoms with Crippen LogP contribution in [0.1, 0.15) is 30.3 Å². The first-order chi connectivity index (χ1) is 8.33. The van der Waals surface area contributed by atoms with Gasteiger partial charge >= 0.3 is 0 Å². The fraction of sp³-hybridized carbons (Fsp3) is 0.357. The van der Waals surface area contributed by atoms with E-state index >= 15 is 0 Å². The molecule has 2 aromatic rings. The van der Waals surface area contributed by atoms with Gasteiger partial charge in [0.05, 0.1) is 0 Å². The number of hydrogen-bond acceptors (Lipinski definition) is 2. The van der Waals surface area contributed by atoms with E-state index in [0.29, 0.717) is 6.54 Å². The van der Waals surface area contributed by atoms with Crippen LogP contribution in [0.4, 0.5) is 0 Å². The van der Waals surface area contributed by atoms with E-state index in [0.717, 1.165) is 25.2 Å². The average Bonchev–Trinajstić information content (AvgIpc) is 2.78. The summed E-state index contributed by atoms with van der Waals surface area (Å²) >= 11 is 0. The lowest BCUT2D eigenvalue weighted by Gasteiger charge is -2.07. The molecule has 0 atom stereocenters. The molecule has 0 radical (unpaired) electrons. The Bertz CT molecular complexity index is 474. The third kappa shape index (κ3) is 2.94. The molecule has 2 rings (SSSR count). The molecular weight excluding hydrogens is 210 g/mol. The molecule has 0 bridgehead atoms. The van der Waals surface area contributed by atoms with E-state index < -0.39 is 0 Å². The van der Waals surface area contributed by atoms with Gasteiger partial charge in [0.1, 0.15) is 5.82 Å². The topological polar surface area (TPSA) is 43.8 Å². The number of aryl methyl sites for hydroxylation is 1. The highest BCUT2D eigenvalue weighted by Gasteiger charge is 2.03. The molecule has 0 saturated heterocycles. The predicted molar refractivity (Wildman–Crippen MR) is 69.7 cm³/mol. The molecule has 3 heteroatoms. The summed E-state index contributed by atoms with van der Waals surface area (Å²) in [5.41, 5.74) is 8.10. The summed E-state index contributed by atoms with van der Waals surface area (Å²) in [4.78, 5) is 4.42. The van der Waals surface area contributed by atoms with E-state index in [1.165, 1.54) is 11.1 Å². The second kappa shape index (κ2) is 5.64. The molecule has 0 unspecified atom stereocenters. The number of benzene rings is 1. The fourth-order valence-electron chi connectivity index (χ4n) is 2.00. The van der Waals surface area contributed by atoms with Crippen LogP contribution in [0.3, 0.4) is 0 Å². The van der Waals surface area contributed by atoms with Crippen molar-refractivity contribution >= 4 is 0 Å². The van der Waals surface area contributed by atoms with Gasteiger partial charge in [0.15, 0.2) is 0 Å². The van der Waals surface area contributed by atoms with Gasteiger partial charge in [-0.05, 0) is 17.5 Å². The van der Waals surface area contributed by atoms with Crippen LogP contribution < -0.4 is 5.73 Å². The van der Waals surface area contributed by atoms with E-state index in [4.69, 9.17) is 5.73 Å². The van der Waals surface area contributed by atoms with Gasteiger partial charge in [-0.1, -0.05) is 31.2 Å². The van der Waals surface area contributed by atoms with E-state index in [1.807, 2.05) is 12.4 Å². The van der Waals surface area contributed by atoms with Gasteiger partial charge < -0.3 is 10.3 Å². The molecule has 1 aromatic heterocycles. The van der Waals surface area contributed by atoms with Crippen molar-refractivity contribution in [3.8, 4) is 0 Å². The van der Waals surface area contributed by atoms with Gasteiger partial charge in [0.2, 0.25) is 0 Å². The molecule has 0 aliphatic heterocycles. The molecule has 0 spiro atoms. The molecule has 0 fully saturated rings. The molecule has 0 amide bonds. The molecule has 0 saturated carbocycles. The lowest BCUT2D eigenvalue weighted by atomic mass is 10.1. The standard InChI is InChI=1S/C14H19N3/c1-2-7-17-8-6-16-14(17)10-12-4-3-5-13(9-12)11-15/h3-6,8-9H,2,7,10-11,15H2,1H3. The van der Waals surface area contributed by atoms with Crippen LogP contribution in [0.15, 0.2) is 36.7 Å². The predicted octanol–water partition coefficient (Wildman–Crippen LogP) is 2.34. The molecule has 2 N–H and O–H groups in total. The minimum Gasteiger partial charge on any atom is -0.335 e. The fourth-order valence-corrected chi connectivity index (χ4v) is 2.00. The first-order valence-corrected chi connectivity index (χ1v) is 6.11. The van der Waals surface area contributed by atoms with Gasteiger partial charge in [0.25, 0.3) is 0 Å². The molecule has 0 aliphatic rings. The lowest BCUT2D eigenvalue weighted by molar-refractivity contribution is 0.647. The quantitative estimate of drug-likeness (QED) is 0.855. The summed E-state index contributed by atoms with van der Waals surface area (Å²) in [6, 6.07) is 8.40. The lowest BCUT2D eigenvalue weighted by Crippen LogP contribution is -2.04. The van der Waals surface area contributed by atoms with E-state index in [-0.39, 0.29) is 0 Å². The van der Waals surface area contributed by atoms with Crippen molar-refractivity contribution in [3.63, 3.8) is 0 Å². The maximum absolute atomic E-state index is 5.65. The SMILES string of the molecule is CCCn1ccnc1Cc1cccc(CN)c1. The minimum absolute atomic E-state index is 0.594. The summed E-state index contributed by atoms with van der Waals surface area (Å²) in [5, 5.41) is 0. The maximum Gasteiger partial charge on any atom is 0.113 e. The summed E-state index contributed by atoms with van der Waals surface area (Å²) in [5.74, 6) is 1.13. The zero-order valence-corrected chi connectivity index (χ0v) is 10.3. The molecule has 3 nitrogen and oxygen atoms in total. The summed E-state index contributed by atoms with van der Waals surface area (Å²) in [7, 11) is 0. The van der Waals surface area contributed by atoms with Crippen LogP contribution in [0, 0.1) is 0 Å². The Morgan fingerprint density at radius 2 is 2.12 bits per heavy atom. The zero-order valence-electron chi connectivity index (χ0n) is 10.3. The Kier molecular flexibility index (Phi) is 3.94. The molecule has 17 heavy (non-hydrogen) atoms. The first kappa shape index (κ1) is 11.9. The molecule has 1 heterocycles. The van der Waals surface area contributed by atoms with Crippen LogP contribution in [-0.4, -0.2) is 9.55 Å². The molecule has 0 aliphatic carbocycles. The number of aromatic nitrogens is 2. The smallest absolute Gasteiger partial charge is 0.113 e. The van der Waals surface area contributed by atoms with E-state index in [9.17, 15) is 0 Å². The summed E-state index contributed by atoms with van der Waals surface area (Å²) in [6.45, 7) is 3.81. The van der Waals surface area contributed by atoms with Gasteiger partial charge in [-0.15, -0.1) is 0 Å². The number of hydrogen-bond donors (Lipinski definition) is 1. The van der Waals surface area contributed by atoms with Crippen molar-refractivity contribution in [2.45, 2.75) is 32.9 Å². The highest BCUT2D eigenvalue weighted by molar-refractivity contribution is 5.25. The van der Waals surface area contributed by atoms with Crippen molar-refractivity contribution < 1.29 is 0 Å². The second-order valence-electron chi connectivity index (χ2n) is 4.24. The van der Waals surface area contributed by atoms with Crippen LogP contribution in [-0.2, 0) is 19.5 Å². The number of rotatable bonds is 5. The highest BCUT2D eigenvalue weighted by Crippen LogP contribution is 2.10. The van der Waals surface area contributed by atoms with Gasteiger partial charge in [-0.2, -0.15) is 0 Å². The van der Waals surface area contributed by atoms with Crippen LogP contribution >= 0.6 is 0 Å². The Balaban J connectivity index is 2.16. The van der Waals surface area contributed by atoms with Crippen LogP contribution in [0.5, 0.6) is 0 Å². The first-order valence-electron chi connectivity index (χ1n) is 6.11. The second-order valence-corrected chi connectivity index (χ2v) is 4.24. The average molecular weight is 229 g/mol. The molecule has 1 aromatic carbocycles. The van der Waals surface area contributed by atoms with Crippen molar-refractivity contribution in [1.29, 1.82) is 0 Å². The number of imidazole rings is 1. The van der Waals surface area contributed by atoms with Gasteiger partial charge in [-0.3, -0.25) is 0 Å². The number of nitrogens with zero attached hydrogens (tertiary/aromatic N) is 2. The molecular formula is C14H19N3. The summed E-state index contributed by atoms with van der Waals surface area (Å²) < 4.78 is 2.22. The van der Waals surface area contributed by atoms with Gasteiger partial charge in [0, 0.05) is 31.9 Å². The maximum atomic E-state index is 5.65. The van der Waals surface area contributed by atoms with Crippen molar-refractivity contribution in [1.82, 2.24) is 9.55 Å². The third-order valence-electron chi connectivity index (χ3n) is 2.86. The zero-order chi connectivity index (χ0) is 12.1. The van der Waals surface area contributed by atoms with Crippen molar-refractivity contribution in [2.75, 3.05) is 0 Å². The van der Waals surface area contributed by atoms with Crippen molar-refractivity contribution in [3.05, 3.63) is 53.6 Å².